The number of amides is 2. The molecule has 1 atom stereocenters. The van der Waals surface area contributed by atoms with Crippen LogP contribution in [0.2, 0.25) is 0 Å². The third kappa shape index (κ3) is 4.84. The summed E-state index contributed by atoms with van der Waals surface area (Å²) in [6, 6.07) is 6.17. The van der Waals surface area contributed by atoms with Crippen molar-refractivity contribution in [3.8, 4) is 5.75 Å². The first-order valence-electron chi connectivity index (χ1n) is 7.84. The summed E-state index contributed by atoms with van der Waals surface area (Å²) < 4.78 is 15.5. The van der Waals surface area contributed by atoms with Gasteiger partial charge in [0, 0.05) is 12.8 Å². The van der Waals surface area contributed by atoms with Gasteiger partial charge in [-0.05, 0) is 24.6 Å². The molecule has 0 radical (unpaired) electrons. The number of nitrogens with one attached hydrogen (secondary N) is 2. The standard InChI is InChI=1S/C18H22N2O5/c1-4-9-24-14-7-5-13(6-8-14)16-15(12(2)19-18(22)20-16)17(21)25-11-10-23-3/h4-8,16H,1,9-11H2,2-3H3,(H2,19,20,22)/t16-/m1/s1. The van der Waals surface area contributed by atoms with Gasteiger partial charge in [0.25, 0.3) is 0 Å². The molecule has 7 heteroatoms. The Hall–Kier alpha value is -2.80. The van der Waals surface area contributed by atoms with E-state index in [1.54, 1.807) is 37.3 Å². The topological polar surface area (TPSA) is 85.9 Å². The molecule has 0 spiro atoms. The number of esters is 1. The van der Waals surface area contributed by atoms with Crippen LogP contribution in [-0.4, -0.2) is 38.9 Å². The van der Waals surface area contributed by atoms with Crippen molar-refractivity contribution in [1.82, 2.24) is 10.6 Å². The third-order valence-electron chi connectivity index (χ3n) is 3.59. The highest BCUT2D eigenvalue weighted by Gasteiger charge is 2.32. The lowest BCUT2D eigenvalue weighted by Gasteiger charge is -2.28. The first-order valence-corrected chi connectivity index (χ1v) is 7.84. The molecule has 0 saturated carbocycles. The molecule has 134 valence electrons. The van der Waals surface area contributed by atoms with Crippen LogP contribution in [0.3, 0.4) is 0 Å². The minimum absolute atomic E-state index is 0.140. The van der Waals surface area contributed by atoms with Crippen LogP contribution in [0, 0.1) is 0 Å². The Labute approximate surface area is 146 Å². The first-order chi connectivity index (χ1) is 12.1. The van der Waals surface area contributed by atoms with Crippen molar-refractivity contribution >= 4 is 12.0 Å². The molecule has 2 N–H and O–H groups in total. The maximum atomic E-state index is 12.4. The van der Waals surface area contributed by atoms with E-state index in [9.17, 15) is 9.59 Å². The maximum absolute atomic E-state index is 12.4. The predicted octanol–water partition coefficient (Wildman–Crippen LogP) is 2.07. The molecule has 1 heterocycles. The lowest BCUT2D eigenvalue weighted by Crippen LogP contribution is -2.45. The quantitative estimate of drug-likeness (QED) is 0.428. The number of methoxy groups -OCH3 is 1. The third-order valence-corrected chi connectivity index (χ3v) is 3.59. The molecule has 25 heavy (non-hydrogen) atoms. The van der Waals surface area contributed by atoms with Gasteiger partial charge in [0.15, 0.2) is 0 Å². The zero-order valence-corrected chi connectivity index (χ0v) is 14.3. The van der Waals surface area contributed by atoms with Crippen LogP contribution in [0.25, 0.3) is 0 Å². The average Bonchev–Trinajstić information content (AvgIpc) is 2.59. The molecule has 7 nitrogen and oxygen atoms in total. The first kappa shape index (κ1) is 18.5. The van der Waals surface area contributed by atoms with Gasteiger partial charge in [-0.3, -0.25) is 0 Å². The summed E-state index contributed by atoms with van der Waals surface area (Å²) in [5, 5.41) is 5.35. The summed E-state index contributed by atoms with van der Waals surface area (Å²) >= 11 is 0. The van der Waals surface area contributed by atoms with Gasteiger partial charge in [-0.15, -0.1) is 0 Å². The Balaban J connectivity index is 2.22. The van der Waals surface area contributed by atoms with Crippen molar-refractivity contribution in [3.05, 3.63) is 53.8 Å². The molecule has 0 bridgehead atoms. The Bertz CT molecular complexity index is 667. The van der Waals surface area contributed by atoms with Gasteiger partial charge in [-0.25, -0.2) is 9.59 Å². The minimum Gasteiger partial charge on any atom is -0.490 e. The van der Waals surface area contributed by atoms with Gasteiger partial charge in [0.1, 0.15) is 19.0 Å². The Morgan fingerprint density at radius 2 is 2.00 bits per heavy atom. The molecule has 1 aliphatic rings. The maximum Gasteiger partial charge on any atom is 0.338 e. The molecule has 2 amide bonds. The normalized spacial score (nSPS) is 16.7. The Morgan fingerprint density at radius 3 is 2.64 bits per heavy atom. The molecule has 0 saturated heterocycles. The van der Waals surface area contributed by atoms with E-state index in [-0.39, 0.29) is 12.6 Å². The highest BCUT2D eigenvalue weighted by atomic mass is 16.6. The van der Waals surface area contributed by atoms with Crippen LogP contribution in [-0.2, 0) is 14.3 Å². The zero-order valence-electron chi connectivity index (χ0n) is 14.3. The van der Waals surface area contributed by atoms with Gasteiger partial charge >= 0.3 is 12.0 Å². The number of hydrogen-bond acceptors (Lipinski definition) is 5. The number of carbonyl (C=O) groups excluding carboxylic acids is 2. The number of urea groups is 1. The van der Waals surface area contributed by atoms with Crippen LogP contribution in [0.15, 0.2) is 48.2 Å². The summed E-state index contributed by atoms with van der Waals surface area (Å²) in [4.78, 5) is 24.2. The fourth-order valence-corrected chi connectivity index (χ4v) is 2.42. The minimum atomic E-state index is -0.600. The van der Waals surface area contributed by atoms with E-state index < -0.39 is 12.0 Å². The van der Waals surface area contributed by atoms with Gasteiger partial charge in [-0.1, -0.05) is 24.8 Å². The second-order valence-corrected chi connectivity index (χ2v) is 5.37. The Morgan fingerprint density at radius 1 is 1.28 bits per heavy atom. The van der Waals surface area contributed by atoms with E-state index in [0.29, 0.717) is 30.2 Å². The number of allylic oxidation sites excluding steroid dienone is 1. The zero-order chi connectivity index (χ0) is 18.2. The van der Waals surface area contributed by atoms with Crippen molar-refractivity contribution in [2.24, 2.45) is 0 Å². The van der Waals surface area contributed by atoms with E-state index in [0.717, 1.165) is 5.56 Å². The Kier molecular flexibility index (Phi) is 6.59. The number of benzene rings is 1. The average molecular weight is 346 g/mol. The molecule has 0 aromatic heterocycles. The van der Waals surface area contributed by atoms with Gasteiger partial charge in [-0.2, -0.15) is 0 Å². The lowest BCUT2D eigenvalue weighted by atomic mass is 9.95. The van der Waals surface area contributed by atoms with Crippen LogP contribution < -0.4 is 15.4 Å². The van der Waals surface area contributed by atoms with Crippen LogP contribution in [0.4, 0.5) is 4.79 Å². The van der Waals surface area contributed by atoms with E-state index in [2.05, 4.69) is 17.2 Å². The van der Waals surface area contributed by atoms with Gasteiger partial charge < -0.3 is 24.8 Å². The van der Waals surface area contributed by atoms with Crippen LogP contribution >= 0.6 is 0 Å². The van der Waals surface area contributed by atoms with Crippen molar-refractivity contribution < 1.29 is 23.8 Å². The monoisotopic (exact) mass is 346 g/mol. The molecule has 1 aromatic carbocycles. The molecule has 1 aliphatic heterocycles. The molecule has 2 rings (SSSR count). The highest BCUT2D eigenvalue weighted by Crippen LogP contribution is 2.28. The molecule has 0 fully saturated rings. The molecular formula is C18H22N2O5. The van der Waals surface area contributed by atoms with E-state index in [1.165, 1.54) is 7.11 Å². The number of hydrogen-bond donors (Lipinski definition) is 2. The van der Waals surface area contributed by atoms with E-state index in [1.807, 2.05) is 0 Å². The lowest BCUT2D eigenvalue weighted by molar-refractivity contribution is -0.140. The van der Waals surface area contributed by atoms with Crippen LogP contribution in [0.1, 0.15) is 18.5 Å². The summed E-state index contributed by atoms with van der Waals surface area (Å²) in [7, 11) is 1.53. The largest absolute Gasteiger partial charge is 0.490 e. The smallest absolute Gasteiger partial charge is 0.338 e. The molecule has 0 aliphatic carbocycles. The summed E-state index contributed by atoms with van der Waals surface area (Å²) in [5.41, 5.74) is 1.57. The summed E-state index contributed by atoms with van der Waals surface area (Å²) in [5.74, 6) is 0.174. The SMILES string of the molecule is C=CCOc1ccc([C@H]2NC(=O)NC(C)=C2C(=O)OCCOC)cc1. The van der Waals surface area contributed by atoms with Crippen LogP contribution in [0.5, 0.6) is 5.75 Å². The van der Waals surface area contributed by atoms with E-state index in [4.69, 9.17) is 14.2 Å². The van der Waals surface area contributed by atoms with Gasteiger partial charge in [0.2, 0.25) is 0 Å². The second-order valence-electron chi connectivity index (χ2n) is 5.37. The highest BCUT2D eigenvalue weighted by molar-refractivity contribution is 5.95. The summed E-state index contributed by atoms with van der Waals surface area (Å²) in [6.45, 7) is 6.11. The van der Waals surface area contributed by atoms with Crippen molar-refractivity contribution in [2.45, 2.75) is 13.0 Å². The molecule has 1 aromatic rings. The van der Waals surface area contributed by atoms with E-state index >= 15 is 0 Å². The fraction of sp³-hybridized carbons (Fsp3) is 0.333. The van der Waals surface area contributed by atoms with Crippen molar-refractivity contribution in [1.29, 1.82) is 0 Å². The second kappa shape index (κ2) is 8.89. The number of ether oxygens (including phenoxy) is 3. The summed E-state index contributed by atoms with van der Waals surface area (Å²) in [6.07, 6.45) is 1.65. The van der Waals surface area contributed by atoms with Crippen molar-refractivity contribution in [3.63, 3.8) is 0 Å². The van der Waals surface area contributed by atoms with Crippen molar-refractivity contribution in [2.75, 3.05) is 26.9 Å². The van der Waals surface area contributed by atoms with Gasteiger partial charge in [0.05, 0.1) is 18.2 Å². The molecule has 0 unspecified atom stereocenters. The molecular weight excluding hydrogens is 324 g/mol. The predicted molar refractivity (Wildman–Crippen MR) is 92.1 cm³/mol. The number of carbonyl (C=O) groups is 2. The number of rotatable bonds is 8. The fourth-order valence-electron chi connectivity index (χ4n) is 2.42.